The van der Waals surface area contributed by atoms with Gasteiger partial charge in [-0.2, -0.15) is 0 Å². The number of rotatable bonds is 6. The topological polar surface area (TPSA) is 57.7 Å². The van der Waals surface area contributed by atoms with Crippen molar-refractivity contribution in [3.05, 3.63) is 59.7 Å². The number of hydrogen-bond acceptors (Lipinski definition) is 3. The van der Waals surface area contributed by atoms with Gasteiger partial charge in [-0.15, -0.1) is 0 Å². The maximum atomic E-state index is 13.1. The zero-order valence-corrected chi connectivity index (χ0v) is 18.4. The summed E-state index contributed by atoms with van der Waals surface area (Å²) in [4.78, 5) is 15.3. The number of carbonyl (C=O) groups is 1. The fraction of sp³-hybridized carbons (Fsp3) is 0.435. The van der Waals surface area contributed by atoms with Crippen LogP contribution in [0.25, 0.3) is 0 Å². The predicted octanol–water partition coefficient (Wildman–Crippen LogP) is 4.61. The molecular formula is C23H30N2O3S. The second kappa shape index (κ2) is 8.57. The monoisotopic (exact) mass is 414 g/mol. The van der Waals surface area contributed by atoms with Crippen molar-refractivity contribution in [2.45, 2.75) is 63.4 Å². The van der Waals surface area contributed by atoms with Crippen LogP contribution in [0.1, 0.15) is 55.5 Å². The highest BCUT2D eigenvalue weighted by Gasteiger charge is 2.29. The second-order valence-corrected chi connectivity index (χ2v) is 10.0. The van der Waals surface area contributed by atoms with Crippen molar-refractivity contribution in [3.63, 3.8) is 0 Å². The molecule has 0 atom stereocenters. The van der Waals surface area contributed by atoms with Crippen molar-refractivity contribution in [3.8, 4) is 0 Å². The first-order valence-electron chi connectivity index (χ1n) is 10.2. The van der Waals surface area contributed by atoms with E-state index in [1.165, 1.54) is 24.2 Å². The summed E-state index contributed by atoms with van der Waals surface area (Å²) in [6, 6.07) is 14.1. The van der Waals surface area contributed by atoms with Crippen molar-refractivity contribution in [1.82, 2.24) is 4.90 Å². The Morgan fingerprint density at radius 2 is 1.52 bits per heavy atom. The molecule has 0 spiro atoms. The summed E-state index contributed by atoms with van der Waals surface area (Å²) in [5, 5.41) is 0. The molecule has 1 aliphatic carbocycles. The van der Waals surface area contributed by atoms with E-state index in [0.29, 0.717) is 17.3 Å². The summed E-state index contributed by atoms with van der Waals surface area (Å²) in [6.07, 6.45) is 4.45. The van der Waals surface area contributed by atoms with E-state index in [0.717, 1.165) is 18.4 Å². The van der Waals surface area contributed by atoms with Crippen LogP contribution in [0.15, 0.2) is 53.4 Å². The third-order valence-corrected chi connectivity index (χ3v) is 7.47. The van der Waals surface area contributed by atoms with E-state index in [9.17, 15) is 13.2 Å². The molecule has 0 aromatic heterocycles. The Labute approximate surface area is 174 Å². The average Bonchev–Trinajstić information content (AvgIpc) is 3.21. The molecular weight excluding hydrogens is 384 g/mol. The van der Waals surface area contributed by atoms with Crippen LogP contribution in [0.5, 0.6) is 0 Å². The summed E-state index contributed by atoms with van der Waals surface area (Å²) in [5.74, 6) is 0.0162. The fourth-order valence-electron chi connectivity index (χ4n) is 3.97. The van der Waals surface area contributed by atoms with Gasteiger partial charge in [0.15, 0.2) is 0 Å². The van der Waals surface area contributed by atoms with Crippen LogP contribution in [0.2, 0.25) is 0 Å². The Morgan fingerprint density at radius 3 is 2.03 bits per heavy atom. The van der Waals surface area contributed by atoms with Gasteiger partial charge in [0, 0.05) is 24.7 Å². The molecule has 0 N–H and O–H groups in total. The molecule has 1 fully saturated rings. The van der Waals surface area contributed by atoms with Gasteiger partial charge in [0.05, 0.1) is 10.6 Å². The SMILES string of the molecule is Cc1ccc(S(=O)(=O)N(C)c2ccc(C(=O)N(C(C)C)C3CCCC3)cc2)cc1. The molecule has 0 radical (unpaired) electrons. The molecule has 0 saturated heterocycles. The number of benzene rings is 2. The highest BCUT2D eigenvalue weighted by molar-refractivity contribution is 7.92. The Kier molecular flexibility index (Phi) is 6.32. The van der Waals surface area contributed by atoms with E-state index in [-0.39, 0.29) is 16.8 Å². The lowest BCUT2D eigenvalue weighted by Gasteiger charge is -2.33. The van der Waals surface area contributed by atoms with E-state index in [1.54, 1.807) is 48.5 Å². The maximum Gasteiger partial charge on any atom is 0.264 e. The average molecular weight is 415 g/mol. The normalized spacial score (nSPS) is 14.9. The number of sulfonamides is 1. The number of aryl methyl sites for hydroxylation is 1. The van der Waals surface area contributed by atoms with Gasteiger partial charge in [0.1, 0.15) is 0 Å². The van der Waals surface area contributed by atoms with Crippen LogP contribution in [-0.4, -0.2) is 38.4 Å². The lowest BCUT2D eigenvalue weighted by molar-refractivity contribution is 0.0613. The number of anilines is 1. The molecule has 3 rings (SSSR count). The van der Waals surface area contributed by atoms with E-state index >= 15 is 0 Å². The second-order valence-electron chi connectivity index (χ2n) is 8.08. The Morgan fingerprint density at radius 1 is 0.966 bits per heavy atom. The number of carbonyl (C=O) groups excluding carboxylic acids is 1. The molecule has 0 heterocycles. The van der Waals surface area contributed by atoms with Gasteiger partial charge < -0.3 is 4.90 Å². The van der Waals surface area contributed by atoms with Crippen LogP contribution in [-0.2, 0) is 10.0 Å². The van der Waals surface area contributed by atoms with E-state index in [2.05, 4.69) is 0 Å². The summed E-state index contributed by atoms with van der Waals surface area (Å²) in [5.41, 5.74) is 2.13. The minimum atomic E-state index is -3.65. The minimum Gasteiger partial charge on any atom is -0.333 e. The zero-order chi connectivity index (χ0) is 21.2. The fourth-order valence-corrected chi connectivity index (χ4v) is 5.17. The van der Waals surface area contributed by atoms with Gasteiger partial charge in [0.2, 0.25) is 0 Å². The van der Waals surface area contributed by atoms with Gasteiger partial charge in [-0.1, -0.05) is 30.5 Å². The first kappa shape index (κ1) is 21.4. The summed E-state index contributed by atoms with van der Waals surface area (Å²) >= 11 is 0. The van der Waals surface area contributed by atoms with Crippen molar-refractivity contribution in [2.24, 2.45) is 0 Å². The van der Waals surface area contributed by atoms with Gasteiger partial charge in [0.25, 0.3) is 15.9 Å². The lowest BCUT2D eigenvalue weighted by Crippen LogP contribution is -2.43. The Balaban J connectivity index is 1.81. The number of hydrogen-bond donors (Lipinski definition) is 0. The molecule has 1 amide bonds. The smallest absolute Gasteiger partial charge is 0.264 e. The van der Waals surface area contributed by atoms with Crippen LogP contribution in [0, 0.1) is 6.92 Å². The Hall–Kier alpha value is -2.34. The maximum absolute atomic E-state index is 13.1. The van der Waals surface area contributed by atoms with Crippen molar-refractivity contribution < 1.29 is 13.2 Å². The quantitative estimate of drug-likeness (QED) is 0.693. The summed E-state index contributed by atoms with van der Waals surface area (Å²) < 4.78 is 27.0. The molecule has 1 saturated carbocycles. The van der Waals surface area contributed by atoms with Crippen LogP contribution < -0.4 is 4.31 Å². The summed E-state index contributed by atoms with van der Waals surface area (Å²) in [6.45, 7) is 6.01. The highest BCUT2D eigenvalue weighted by Crippen LogP contribution is 2.28. The zero-order valence-electron chi connectivity index (χ0n) is 17.6. The van der Waals surface area contributed by atoms with Crippen molar-refractivity contribution in [2.75, 3.05) is 11.4 Å². The third kappa shape index (κ3) is 4.47. The van der Waals surface area contributed by atoms with E-state index in [4.69, 9.17) is 0 Å². The standard InChI is InChI=1S/C23H30N2O3S/c1-17(2)25(21-7-5-6-8-21)23(26)19-11-13-20(14-12-19)24(4)29(27,28)22-15-9-18(3)10-16-22/h9-17,21H,5-8H2,1-4H3. The van der Waals surface area contributed by atoms with Crippen molar-refractivity contribution >= 4 is 21.6 Å². The van der Waals surface area contributed by atoms with Gasteiger partial charge >= 0.3 is 0 Å². The predicted molar refractivity (Wildman–Crippen MR) is 117 cm³/mol. The molecule has 5 nitrogen and oxygen atoms in total. The van der Waals surface area contributed by atoms with Crippen LogP contribution in [0.4, 0.5) is 5.69 Å². The van der Waals surface area contributed by atoms with Crippen LogP contribution in [0.3, 0.4) is 0 Å². The molecule has 6 heteroatoms. The molecule has 2 aromatic rings. The molecule has 0 unspecified atom stereocenters. The van der Waals surface area contributed by atoms with E-state index < -0.39 is 10.0 Å². The van der Waals surface area contributed by atoms with Gasteiger partial charge in [-0.3, -0.25) is 9.10 Å². The van der Waals surface area contributed by atoms with Crippen LogP contribution >= 0.6 is 0 Å². The first-order chi connectivity index (χ1) is 13.7. The highest BCUT2D eigenvalue weighted by atomic mass is 32.2. The molecule has 1 aliphatic rings. The molecule has 0 aliphatic heterocycles. The molecule has 29 heavy (non-hydrogen) atoms. The molecule has 156 valence electrons. The first-order valence-corrected chi connectivity index (χ1v) is 11.6. The number of amides is 1. The summed E-state index contributed by atoms with van der Waals surface area (Å²) in [7, 11) is -2.11. The minimum absolute atomic E-state index is 0.0162. The Bertz CT molecular complexity index is 945. The molecule has 2 aromatic carbocycles. The molecule has 0 bridgehead atoms. The van der Waals surface area contributed by atoms with Gasteiger partial charge in [-0.05, 0) is 70.0 Å². The largest absolute Gasteiger partial charge is 0.333 e. The third-order valence-electron chi connectivity index (χ3n) is 5.67. The van der Waals surface area contributed by atoms with Gasteiger partial charge in [-0.25, -0.2) is 8.42 Å². The lowest BCUT2D eigenvalue weighted by atomic mass is 10.1. The van der Waals surface area contributed by atoms with Crippen molar-refractivity contribution in [1.29, 1.82) is 0 Å². The van der Waals surface area contributed by atoms with E-state index in [1.807, 2.05) is 25.7 Å². The number of nitrogens with zero attached hydrogens (tertiary/aromatic N) is 2.